The van der Waals surface area contributed by atoms with Crippen LogP contribution in [0.3, 0.4) is 0 Å². The summed E-state index contributed by atoms with van der Waals surface area (Å²) in [6.07, 6.45) is 2.19. The van der Waals surface area contributed by atoms with Crippen LogP contribution in [-0.2, 0) is 10.2 Å². The minimum Gasteiger partial charge on any atom is -0.496 e. The quantitative estimate of drug-likeness (QED) is 0.320. The number of fused-ring (bicyclic) bond motifs is 1. The zero-order chi connectivity index (χ0) is 27.0. The molecule has 198 valence electrons. The Hall–Kier alpha value is -3.96. The van der Waals surface area contributed by atoms with Crippen LogP contribution in [0.5, 0.6) is 11.5 Å². The van der Waals surface area contributed by atoms with E-state index in [-0.39, 0.29) is 42.3 Å². The minimum atomic E-state index is -4.07. The maximum Gasteiger partial charge on any atom is 0.301 e. The Balaban J connectivity index is 1.57. The fourth-order valence-electron chi connectivity index (χ4n) is 4.58. The smallest absolute Gasteiger partial charge is 0.301 e. The molecule has 2 N–H and O–H groups in total. The molecule has 0 unspecified atom stereocenters. The lowest BCUT2D eigenvalue weighted by molar-refractivity contribution is 0.103. The number of aromatic amines is 1. The first-order valence-corrected chi connectivity index (χ1v) is 13.4. The number of nitrogens with one attached hydrogen (secondary N) is 2. The van der Waals surface area contributed by atoms with Gasteiger partial charge in [0.05, 0.1) is 19.9 Å². The molecule has 0 radical (unpaired) electrons. The van der Waals surface area contributed by atoms with Gasteiger partial charge in [0.2, 0.25) is 5.78 Å². The molecule has 5 rings (SSSR count). The number of carbonyl (C=O) groups is 1. The maximum atomic E-state index is 13.9. The number of ether oxygens (including phenoxy) is 2. The monoisotopic (exact) mass is 538 g/mol. The van der Waals surface area contributed by atoms with Crippen molar-refractivity contribution in [2.75, 3.05) is 32.0 Å². The molecule has 2 aromatic carbocycles. The highest BCUT2D eigenvalue weighted by atomic mass is 32.2. The summed E-state index contributed by atoms with van der Waals surface area (Å²) < 4.78 is 54.0. The summed E-state index contributed by atoms with van der Waals surface area (Å²) in [5, 5.41) is 0.592. The third kappa shape index (κ3) is 4.70. The van der Waals surface area contributed by atoms with Crippen LogP contribution < -0.4 is 14.2 Å². The van der Waals surface area contributed by atoms with Crippen molar-refractivity contribution in [1.82, 2.24) is 14.3 Å². The Morgan fingerprint density at radius 1 is 1.13 bits per heavy atom. The van der Waals surface area contributed by atoms with Gasteiger partial charge in [-0.15, -0.1) is 0 Å². The highest BCUT2D eigenvalue weighted by molar-refractivity contribution is 7.90. The number of H-pyrrole nitrogens is 1. The standard InChI is InChI=1S/C27H27FN4O5S/c1-16-4-6-17(7-5-16)18-12-20-21(14-30-27(20)29-13-18)25(33)24-23(36-2)9-8-22(26(24)37-3)31-38(34,35)32-11-10-19(28)15-32/h4-9,12-14,19,31H,10-11,15H2,1-3H3,(H,29,30)/t19-/m1/s1. The van der Waals surface area contributed by atoms with E-state index >= 15 is 0 Å². The molecule has 0 aliphatic carbocycles. The van der Waals surface area contributed by atoms with E-state index in [2.05, 4.69) is 14.7 Å². The third-order valence-corrected chi connectivity index (χ3v) is 8.09. The number of rotatable bonds is 8. The van der Waals surface area contributed by atoms with Crippen molar-refractivity contribution in [3.63, 3.8) is 0 Å². The van der Waals surface area contributed by atoms with Crippen LogP contribution in [0.1, 0.15) is 27.9 Å². The number of aryl methyl sites for hydroxylation is 1. The number of hydrogen-bond acceptors (Lipinski definition) is 6. The number of nitrogens with zero attached hydrogens (tertiary/aromatic N) is 2. The Morgan fingerprint density at radius 2 is 1.89 bits per heavy atom. The molecule has 0 saturated carbocycles. The molecular weight excluding hydrogens is 511 g/mol. The largest absolute Gasteiger partial charge is 0.496 e. The van der Waals surface area contributed by atoms with Crippen molar-refractivity contribution in [2.24, 2.45) is 0 Å². The van der Waals surface area contributed by atoms with Crippen LogP contribution in [0.25, 0.3) is 22.2 Å². The number of anilines is 1. The fourth-order valence-corrected chi connectivity index (χ4v) is 5.85. The second-order valence-corrected chi connectivity index (χ2v) is 10.8. The summed E-state index contributed by atoms with van der Waals surface area (Å²) in [6.45, 7) is 1.84. The van der Waals surface area contributed by atoms with Gasteiger partial charge in [0, 0.05) is 42.0 Å². The Kier molecular flexibility index (Phi) is 6.80. The average molecular weight is 539 g/mol. The predicted octanol–water partition coefficient (Wildman–Crippen LogP) is 4.49. The van der Waals surface area contributed by atoms with Gasteiger partial charge in [-0.3, -0.25) is 9.52 Å². The van der Waals surface area contributed by atoms with Crippen molar-refractivity contribution in [3.8, 4) is 22.6 Å². The summed E-state index contributed by atoms with van der Waals surface area (Å²) in [7, 11) is -1.33. The van der Waals surface area contributed by atoms with E-state index in [4.69, 9.17) is 9.47 Å². The Labute approximate surface area is 219 Å². The summed E-state index contributed by atoms with van der Waals surface area (Å²) in [5.41, 5.74) is 3.84. The molecule has 0 amide bonds. The second kappa shape index (κ2) is 10.1. The molecule has 9 nitrogen and oxygen atoms in total. The number of benzene rings is 2. The van der Waals surface area contributed by atoms with Gasteiger partial charge in [-0.2, -0.15) is 12.7 Å². The van der Waals surface area contributed by atoms with E-state index in [1.54, 1.807) is 12.4 Å². The topological polar surface area (TPSA) is 114 Å². The third-order valence-electron chi connectivity index (χ3n) is 6.60. The number of ketones is 1. The molecule has 1 atom stereocenters. The van der Waals surface area contributed by atoms with Crippen molar-refractivity contribution in [1.29, 1.82) is 0 Å². The normalized spacial score (nSPS) is 16.1. The van der Waals surface area contributed by atoms with Crippen LogP contribution in [-0.4, -0.2) is 62.0 Å². The lowest BCUT2D eigenvalue weighted by Gasteiger charge is -2.20. The van der Waals surface area contributed by atoms with Gasteiger partial charge < -0.3 is 14.5 Å². The Morgan fingerprint density at radius 3 is 2.55 bits per heavy atom. The summed E-state index contributed by atoms with van der Waals surface area (Å²) in [5.74, 6) is -0.249. The molecule has 11 heteroatoms. The van der Waals surface area contributed by atoms with E-state index in [9.17, 15) is 17.6 Å². The summed E-state index contributed by atoms with van der Waals surface area (Å²) in [6, 6.07) is 12.8. The number of methoxy groups -OCH3 is 2. The molecule has 3 heterocycles. The lowest BCUT2D eigenvalue weighted by atomic mass is 9.99. The first-order valence-electron chi connectivity index (χ1n) is 12.0. The first-order chi connectivity index (χ1) is 18.2. The van der Waals surface area contributed by atoms with Crippen molar-refractivity contribution >= 4 is 32.7 Å². The van der Waals surface area contributed by atoms with Crippen LogP contribution in [0.4, 0.5) is 10.1 Å². The summed E-state index contributed by atoms with van der Waals surface area (Å²) >= 11 is 0. The highest BCUT2D eigenvalue weighted by Gasteiger charge is 2.33. The molecule has 4 aromatic rings. The van der Waals surface area contributed by atoms with Gasteiger partial charge in [-0.1, -0.05) is 29.8 Å². The van der Waals surface area contributed by atoms with Crippen molar-refractivity contribution in [2.45, 2.75) is 19.5 Å². The van der Waals surface area contributed by atoms with Crippen molar-refractivity contribution in [3.05, 3.63) is 71.5 Å². The van der Waals surface area contributed by atoms with E-state index < -0.39 is 22.2 Å². The van der Waals surface area contributed by atoms with Gasteiger partial charge >= 0.3 is 10.2 Å². The number of alkyl halides is 1. The number of hydrogen-bond donors (Lipinski definition) is 2. The molecule has 1 saturated heterocycles. The first kappa shape index (κ1) is 25.7. The number of carbonyl (C=O) groups excluding carboxylic acids is 1. The zero-order valence-electron chi connectivity index (χ0n) is 21.1. The van der Waals surface area contributed by atoms with E-state index in [0.29, 0.717) is 16.6 Å². The molecule has 1 aliphatic heterocycles. The van der Waals surface area contributed by atoms with Gasteiger partial charge in [0.1, 0.15) is 23.1 Å². The second-order valence-electron chi connectivity index (χ2n) is 9.09. The Bertz CT molecular complexity index is 1620. The van der Waals surface area contributed by atoms with Gasteiger partial charge in [-0.05, 0) is 37.1 Å². The van der Waals surface area contributed by atoms with Crippen LogP contribution in [0.15, 0.2) is 54.9 Å². The van der Waals surface area contributed by atoms with E-state index in [1.165, 1.54) is 26.4 Å². The number of aromatic nitrogens is 2. The molecule has 0 spiro atoms. The molecule has 0 bridgehead atoms. The van der Waals surface area contributed by atoms with Crippen LogP contribution >= 0.6 is 0 Å². The molecule has 1 fully saturated rings. The van der Waals surface area contributed by atoms with Crippen molar-refractivity contribution < 1.29 is 27.1 Å². The zero-order valence-corrected chi connectivity index (χ0v) is 21.9. The highest BCUT2D eigenvalue weighted by Crippen LogP contribution is 2.39. The SMILES string of the molecule is COc1ccc(NS(=O)(=O)N2CC[C@@H](F)C2)c(OC)c1C(=O)c1c[nH]c2ncc(-c3ccc(C)cc3)cc12. The summed E-state index contributed by atoms with van der Waals surface area (Å²) in [4.78, 5) is 21.5. The van der Waals surface area contributed by atoms with E-state index in [0.717, 1.165) is 21.0 Å². The average Bonchev–Trinajstić information content (AvgIpc) is 3.54. The lowest BCUT2D eigenvalue weighted by Crippen LogP contribution is -2.34. The van der Waals surface area contributed by atoms with Gasteiger partial charge in [0.15, 0.2) is 5.75 Å². The number of halogens is 1. The minimum absolute atomic E-state index is 0.00841. The van der Waals surface area contributed by atoms with E-state index in [1.807, 2.05) is 37.3 Å². The number of pyridine rings is 1. The predicted molar refractivity (Wildman–Crippen MR) is 143 cm³/mol. The molecule has 38 heavy (non-hydrogen) atoms. The van der Waals surface area contributed by atoms with Crippen LogP contribution in [0, 0.1) is 6.92 Å². The van der Waals surface area contributed by atoms with Gasteiger partial charge in [-0.25, -0.2) is 9.37 Å². The maximum absolute atomic E-state index is 13.9. The van der Waals surface area contributed by atoms with Gasteiger partial charge in [0.25, 0.3) is 0 Å². The van der Waals surface area contributed by atoms with Crippen LogP contribution in [0.2, 0.25) is 0 Å². The fraction of sp³-hybridized carbons (Fsp3) is 0.259. The molecule has 1 aliphatic rings. The molecule has 2 aromatic heterocycles. The molecular formula is C27H27FN4O5S.